The zero-order chi connectivity index (χ0) is 73.7. The zero-order valence-electron chi connectivity index (χ0n) is 65.7. The fourth-order valence-corrected chi connectivity index (χ4v) is 14.1. The van der Waals surface area contributed by atoms with Crippen molar-refractivity contribution in [1.82, 2.24) is 0 Å². The van der Waals surface area contributed by atoms with Gasteiger partial charge in [0.05, 0.1) is 26.4 Å². The molecule has 17 nitrogen and oxygen atoms in total. The Labute approximate surface area is 613 Å². The quantitative estimate of drug-likeness (QED) is 0.0222. The third-order valence-electron chi connectivity index (χ3n) is 18.9. The molecular formula is C81H158O17P2. The average molecular weight is 1470 g/mol. The Kier molecular flexibility index (Phi) is 69.9. The van der Waals surface area contributed by atoms with Crippen molar-refractivity contribution in [2.24, 2.45) is 17.8 Å². The molecule has 5 atom stereocenters. The van der Waals surface area contributed by atoms with Gasteiger partial charge in [0.1, 0.15) is 19.3 Å². The highest BCUT2D eigenvalue weighted by atomic mass is 31.2. The molecular weight excluding hydrogens is 1310 g/mol. The molecule has 0 aliphatic rings. The lowest BCUT2D eigenvalue weighted by Crippen LogP contribution is -2.30. The van der Waals surface area contributed by atoms with Gasteiger partial charge in [-0.3, -0.25) is 37.3 Å². The summed E-state index contributed by atoms with van der Waals surface area (Å²) in [7, 11) is -9.92. The van der Waals surface area contributed by atoms with Gasteiger partial charge in [-0.1, -0.05) is 370 Å². The van der Waals surface area contributed by atoms with Crippen molar-refractivity contribution in [3.05, 3.63) is 0 Å². The van der Waals surface area contributed by atoms with E-state index in [1.165, 1.54) is 231 Å². The van der Waals surface area contributed by atoms with Crippen LogP contribution < -0.4 is 0 Å². The maximum absolute atomic E-state index is 13.1. The monoisotopic (exact) mass is 1470 g/mol. The Morgan fingerprint density at radius 1 is 0.270 bits per heavy atom. The van der Waals surface area contributed by atoms with Crippen molar-refractivity contribution in [2.75, 3.05) is 39.6 Å². The van der Waals surface area contributed by atoms with Crippen molar-refractivity contribution in [3.8, 4) is 0 Å². The number of hydrogen-bond donors (Lipinski definition) is 3. The zero-order valence-corrected chi connectivity index (χ0v) is 67.5. The number of ether oxygens (including phenoxy) is 4. The van der Waals surface area contributed by atoms with Gasteiger partial charge in [-0.15, -0.1) is 0 Å². The lowest BCUT2D eigenvalue weighted by Gasteiger charge is -2.21. The molecule has 0 aliphatic heterocycles. The van der Waals surface area contributed by atoms with Crippen LogP contribution in [0.25, 0.3) is 0 Å². The summed E-state index contributed by atoms with van der Waals surface area (Å²) >= 11 is 0. The van der Waals surface area contributed by atoms with Gasteiger partial charge in [0.15, 0.2) is 12.2 Å². The van der Waals surface area contributed by atoms with Crippen molar-refractivity contribution in [1.29, 1.82) is 0 Å². The van der Waals surface area contributed by atoms with E-state index >= 15 is 0 Å². The van der Waals surface area contributed by atoms with Crippen molar-refractivity contribution >= 4 is 39.5 Å². The first-order valence-electron chi connectivity index (χ1n) is 41.8. The summed E-state index contributed by atoms with van der Waals surface area (Å²) in [6, 6.07) is 0. The van der Waals surface area contributed by atoms with E-state index in [1.54, 1.807) is 0 Å². The summed E-state index contributed by atoms with van der Waals surface area (Å²) < 4.78 is 68.7. The minimum absolute atomic E-state index is 0.107. The molecule has 100 heavy (non-hydrogen) atoms. The van der Waals surface area contributed by atoms with Crippen LogP contribution >= 0.6 is 15.6 Å². The Bertz CT molecular complexity index is 1940. The Balaban J connectivity index is 5.24. The van der Waals surface area contributed by atoms with Crippen LogP contribution in [0.3, 0.4) is 0 Å². The molecule has 0 fully saturated rings. The Morgan fingerprint density at radius 2 is 0.460 bits per heavy atom. The summed E-state index contributed by atoms with van der Waals surface area (Å²) in [5.41, 5.74) is 0. The van der Waals surface area contributed by atoms with Crippen molar-refractivity contribution in [3.63, 3.8) is 0 Å². The molecule has 0 aromatic carbocycles. The molecule has 594 valence electrons. The normalized spacial score (nSPS) is 14.0. The maximum Gasteiger partial charge on any atom is 0.472 e. The Morgan fingerprint density at radius 3 is 0.680 bits per heavy atom. The number of phosphoric ester groups is 2. The SMILES string of the molecule is CCCCCCCCCCCCC(=O)OC[C@H](COP(=O)(O)OC[C@H](O)COP(=O)(O)OC[C@@H](COC(=O)CCCCCCCCCCCCCCCC(C)C)OC(=O)CCCCCCCCCCCCCCCCCCC(C)C)OC(=O)CCCCCCCCCCCCCCC(C)C. The van der Waals surface area contributed by atoms with Gasteiger partial charge in [0, 0.05) is 25.7 Å². The Hall–Kier alpha value is -1.94. The average Bonchev–Trinajstić information content (AvgIpc) is 0.932. The molecule has 0 radical (unpaired) electrons. The highest BCUT2D eigenvalue weighted by Crippen LogP contribution is 2.45. The molecule has 0 saturated carbocycles. The van der Waals surface area contributed by atoms with Gasteiger partial charge < -0.3 is 33.8 Å². The van der Waals surface area contributed by atoms with Crippen LogP contribution in [0.15, 0.2) is 0 Å². The number of carbonyl (C=O) groups is 4. The lowest BCUT2D eigenvalue weighted by atomic mass is 10.0. The molecule has 0 aromatic rings. The first-order chi connectivity index (χ1) is 48.2. The van der Waals surface area contributed by atoms with Crippen LogP contribution in [0, 0.1) is 17.8 Å². The maximum atomic E-state index is 13.1. The van der Waals surface area contributed by atoms with Gasteiger partial charge in [-0.25, -0.2) is 9.13 Å². The summed E-state index contributed by atoms with van der Waals surface area (Å²) in [5.74, 6) is 0.267. The molecule has 0 spiro atoms. The number of aliphatic hydroxyl groups is 1. The van der Waals surface area contributed by atoms with E-state index in [9.17, 15) is 43.2 Å². The number of aliphatic hydroxyl groups excluding tert-OH is 1. The van der Waals surface area contributed by atoms with E-state index in [-0.39, 0.29) is 25.7 Å². The number of phosphoric acid groups is 2. The third-order valence-corrected chi connectivity index (χ3v) is 20.8. The van der Waals surface area contributed by atoms with Gasteiger partial charge in [-0.05, 0) is 43.4 Å². The molecule has 0 saturated heterocycles. The number of carbonyl (C=O) groups excluding carboxylic acids is 4. The first-order valence-corrected chi connectivity index (χ1v) is 44.8. The summed E-state index contributed by atoms with van der Waals surface area (Å²) in [5, 5.41) is 10.6. The van der Waals surface area contributed by atoms with Gasteiger partial charge in [0.2, 0.25) is 0 Å². The first kappa shape index (κ1) is 98.1. The van der Waals surface area contributed by atoms with Crippen LogP contribution in [0.1, 0.15) is 421 Å². The third kappa shape index (κ3) is 74.3. The van der Waals surface area contributed by atoms with E-state index in [1.807, 2.05) is 0 Å². The second kappa shape index (κ2) is 71.3. The fourth-order valence-electron chi connectivity index (χ4n) is 12.5. The molecule has 0 bridgehead atoms. The standard InChI is InChI=1S/C81H158O17P2/c1-8-9-10-11-12-13-34-41-48-55-62-78(83)91-68-76(97-81(86)65-58-51-44-37-30-24-23-27-33-40-47-54-61-74(6)7)70-95-99(87,88)93-66-75(82)67-94-100(89,90)96-71-77(69-92-79(84)63-56-49-42-35-28-22-18-20-26-32-39-46-53-60-73(4)5)98-80(85)64-57-50-43-36-29-21-17-15-14-16-19-25-31-38-45-52-59-72(2)3/h72-77,82H,8-71H2,1-7H3,(H,87,88)(H,89,90)/t75-,76+,77+/m0/s1. The van der Waals surface area contributed by atoms with E-state index in [0.29, 0.717) is 25.7 Å². The molecule has 0 aromatic heterocycles. The highest BCUT2D eigenvalue weighted by molar-refractivity contribution is 7.47. The van der Waals surface area contributed by atoms with E-state index in [4.69, 9.17) is 37.0 Å². The van der Waals surface area contributed by atoms with Gasteiger partial charge >= 0.3 is 39.5 Å². The van der Waals surface area contributed by atoms with Crippen molar-refractivity contribution in [2.45, 2.75) is 439 Å². The molecule has 3 N–H and O–H groups in total. The molecule has 2 unspecified atom stereocenters. The lowest BCUT2D eigenvalue weighted by molar-refractivity contribution is -0.161. The van der Waals surface area contributed by atoms with Crippen LogP contribution in [0.5, 0.6) is 0 Å². The van der Waals surface area contributed by atoms with E-state index in [2.05, 4.69) is 48.5 Å². The largest absolute Gasteiger partial charge is 0.472 e. The summed E-state index contributed by atoms with van der Waals surface area (Å²) in [6.45, 7) is 12.0. The minimum Gasteiger partial charge on any atom is -0.462 e. The highest BCUT2D eigenvalue weighted by Gasteiger charge is 2.30. The minimum atomic E-state index is -4.96. The molecule has 0 aliphatic carbocycles. The van der Waals surface area contributed by atoms with Gasteiger partial charge in [-0.2, -0.15) is 0 Å². The van der Waals surface area contributed by atoms with Crippen LogP contribution in [-0.4, -0.2) is 96.7 Å². The van der Waals surface area contributed by atoms with Crippen molar-refractivity contribution < 1.29 is 80.2 Å². The summed E-state index contributed by atoms with van der Waals surface area (Å²) in [4.78, 5) is 73.0. The van der Waals surface area contributed by atoms with Crippen LogP contribution in [0.4, 0.5) is 0 Å². The number of esters is 4. The van der Waals surface area contributed by atoms with Gasteiger partial charge in [0.25, 0.3) is 0 Å². The smallest absolute Gasteiger partial charge is 0.462 e. The van der Waals surface area contributed by atoms with E-state index in [0.717, 1.165) is 108 Å². The second-order valence-electron chi connectivity index (χ2n) is 30.6. The molecule has 0 heterocycles. The predicted octanol–water partition coefficient (Wildman–Crippen LogP) is 24.1. The number of rotatable bonds is 79. The molecule has 0 rings (SSSR count). The number of hydrogen-bond acceptors (Lipinski definition) is 15. The van der Waals surface area contributed by atoms with Crippen LogP contribution in [0.2, 0.25) is 0 Å². The fraction of sp³-hybridized carbons (Fsp3) is 0.951. The molecule has 0 amide bonds. The summed E-state index contributed by atoms with van der Waals surface area (Å²) in [6.07, 6.45) is 59.6. The van der Waals surface area contributed by atoms with E-state index < -0.39 is 97.5 Å². The predicted molar refractivity (Wildman–Crippen MR) is 409 cm³/mol. The second-order valence-corrected chi connectivity index (χ2v) is 33.5. The topological polar surface area (TPSA) is 237 Å². The molecule has 19 heteroatoms. The number of unbranched alkanes of at least 4 members (excludes halogenated alkanes) is 47. The van der Waals surface area contributed by atoms with Crippen LogP contribution in [-0.2, 0) is 65.4 Å².